The van der Waals surface area contributed by atoms with E-state index in [1.54, 1.807) is 0 Å². The van der Waals surface area contributed by atoms with Gasteiger partial charge in [-0.15, -0.1) is 0 Å². The Labute approximate surface area is 115 Å². The summed E-state index contributed by atoms with van der Waals surface area (Å²) in [6.45, 7) is 7.15. The van der Waals surface area contributed by atoms with Crippen LogP contribution in [-0.4, -0.2) is 16.1 Å². The van der Waals surface area contributed by atoms with Crippen molar-refractivity contribution in [3.8, 4) is 0 Å². The van der Waals surface area contributed by atoms with Crippen LogP contribution in [0.4, 0.5) is 0 Å². The van der Waals surface area contributed by atoms with E-state index in [1.807, 2.05) is 6.20 Å². The predicted molar refractivity (Wildman–Crippen MR) is 79.1 cm³/mol. The third-order valence-electron chi connectivity index (χ3n) is 3.38. The molecule has 0 radical (unpaired) electrons. The van der Waals surface area contributed by atoms with Crippen molar-refractivity contribution < 1.29 is 0 Å². The van der Waals surface area contributed by atoms with Crippen molar-refractivity contribution in [3.63, 3.8) is 0 Å². The molecule has 0 bridgehead atoms. The highest BCUT2D eigenvalue weighted by Crippen LogP contribution is 2.09. The Hall–Kier alpha value is -1.61. The van der Waals surface area contributed by atoms with Gasteiger partial charge in [-0.2, -0.15) is 0 Å². The second-order valence-electron chi connectivity index (χ2n) is 4.82. The smallest absolute Gasteiger partial charge is 0.105 e. The Bertz CT molecular complexity index is 488. The lowest BCUT2D eigenvalue weighted by Crippen LogP contribution is -2.16. The zero-order valence-corrected chi connectivity index (χ0v) is 11.9. The van der Waals surface area contributed by atoms with Gasteiger partial charge in [0.1, 0.15) is 5.82 Å². The van der Waals surface area contributed by atoms with Crippen LogP contribution in [0, 0.1) is 6.92 Å². The molecule has 2 aromatic rings. The largest absolute Gasteiger partial charge is 0.331 e. The van der Waals surface area contributed by atoms with Gasteiger partial charge in [-0.05, 0) is 31.9 Å². The van der Waals surface area contributed by atoms with Gasteiger partial charge in [0.2, 0.25) is 0 Å². The second-order valence-corrected chi connectivity index (χ2v) is 4.82. The van der Waals surface area contributed by atoms with Gasteiger partial charge in [0, 0.05) is 19.3 Å². The van der Waals surface area contributed by atoms with Gasteiger partial charge in [-0.3, -0.25) is 0 Å². The molecule has 0 atom stereocenters. The van der Waals surface area contributed by atoms with Crippen LogP contribution >= 0.6 is 0 Å². The molecule has 0 amide bonds. The van der Waals surface area contributed by atoms with Crippen molar-refractivity contribution >= 4 is 0 Å². The fourth-order valence-corrected chi connectivity index (χ4v) is 2.30. The summed E-state index contributed by atoms with van der Waals surface area (Å²) in [5, 5.41) is 3.37. The lowest BCUT2D eigenvalue weighted by atomic mass is 10.1. The second kappa shape index (κ2) is 7.10. The molecule has 1 aromatic heterocycles. The molecule has 19 heavy (non-hydrogen) atoms. The highest BCUT2D eigenvalue weighted by atomic mass is 15.1. The Morgan fingerprint density at radius 2 is 2.00 bits per heavy atom. The third kappa shape index (κ3) is 3.93. The van der Waals surface area contributed by atoms with Crippen molar-refractivity contribution in [2.24, 2.45) is 0 Å². The molecule has 0 aliphatic carbocycles. The fraction of sp³-hybridized carbons (Fsp3) is 0.438. The number of nitrogens with one attached hydrogen (secondary N) is 1. The van der Waals surface area contributed by atoms with E-state index in [4.69, 9.17) is 0 Å². The zero-order valence-electron chi connectivity index (χ0n) is 11.9. The van der Waals surface area contributed by atoms with Crippen molar-refractivity contribution in [3.05, 3.63) is 53.6 Å². The van der Waals surface area contributed by atoms with Gasteiger partial charge in [0.15, 0.2) is 0 Å². The minimum atomic E-state index is 0.905. The normalized spacial score (nSPS) is 10.8. The van der Waals surface area contributed by atoms with Crippen LogP contribution in [0.5, 0.6) is 0 Å². The molecule has 0 aliphatic heterocycles. The summed E-state index contributed by atoms with van der Waals surface area (Å²) in [5.41, 5.74) is 2.70. The van der Waals surface area contributed by atoms with Gasteiger partial charge in [0.25, 0.3) is 0 Å². The molecule has 102 valence electrons. The Balaban J connectivity index is 1.90. The number of aryl methyl sites for hydroxylation is 2. The van der Waals surface area contributed by atoms with E-state index in [1.165, 1.54) is 11.3 Å². The molecule has 2 rings (SSSR count). The Morgan fingerprint density at radius 1 is 1.21 bits per heavy atom. The molecule has 3 nitrogen and oxygen atoms in total. The number of nitrogens with zero attached hydrogens (tertiary/aromatic N) is 2. The summed E-state index contributed by atoms with van der Waals surface area (Å²) in [4.78, 5) is 4.42. The number of hydrogen-bond donors (Lipinski definition) is 1. The van der Waals surface area contributed by atoms with Crippen LogP contribution in [0.15, 0.2) is 36.5 Å². The van der Waals surface area contributed by atoms with Crippen molar-refractivity contribution in [1.82, 2.24) is 14.9 Å². The van der Waals surface area contributed by atoms with E-state index in [2.05, 4.69) is 59.0 Å². The zero-order chi connectivity index (χ0) is 13.5. The van der Waals surface area contributed by atoms with E-state index >= 15 is 0 Å². The van der Waals surface area contributed by atoms with Gasteiger partial charge >= 0.3 is 0 Å². The summed E-state index contributed by atoms with van der Waals surface area (Å²) in [6.07, 6.45) is 4.26. The Kier molecular flexibility index (Phi) is 5.16. The predicted octanol–water partition coefficient (Wildman–Crippen LogP) is 2.93. The fourth-order valence-electron chi connectivity index (χ4n) is 2.30. The van der Waals surface area contributed by atoms with Crippen molar-refractivity contribution in [2.45, 2.75) is 39.8 Å². The highest BCUT2D eigenvalue weighted by molar-refractivity contribution is 5.14. The molecule has 0 spiro atoms. The topological polar surface area (TPSA) is 29.9 Å². The van der Waals surface area contributed by atoms with Gasteiger partial charge < -0.3 is 9.88 Å². The number of benzene rings is 1. The summed E-state index contributed by atoms with van der Waals surface area (Å²) in [6, 6.07) is 10.7. The molecular formula is C16H23N3. The standard InChI is InChI=1S/C16H23N3/c1-3-17-12-16-13-18-14(2)19(16)11-7-10-15-8-5-4-6-9-15/h4-6,8-9,13,17H,3,7,10-12H2,1-2H3. The number of aromatic nitrogens is 2. The lowest BCUT2D eigenvalue weighted by Gasteiger charge is -2.10. The first-order valence-corrected chi connectivity index (χ1v) is 7.07. The molecular weight excluding hydrogens is 234 g/mol. The number of rotatable bonds is 7. The van der Waals surface area contributed by atoms with E-state index < -0.39 is 0 Å². The first-order valence-electron chi connectivity index (χ1n) is 7.07. The van der Waals surface area contributed by atoms with Crippen LogP contribution in [0.3, 0.4) is 0 Å². The monoisotopic (exact) mass is 257 g/mol. The van der Waals surface area contributed by atoms with Crippen molar-refractivity contribution in [2.75, 3.05) is 6.54 Å². The SMILES string of the molecule is CCNCc1cnc(C)n1CCCc1ccccc1. The minimum absolute atomic E-state index is 0.905. The van der Waals surface area contributed by atoms with E-state index in [-0.39, 0.29) is 0 Å². The van der Waals surface area contributed by atoms with E-state index in [0.717, 1.165) is 38.3 Å². The summed E-state index contributed by atoms with van der Waals surface area (Å²) >= 11 is 0. The molecule has 0 aliphatic rings. The average Bonchev–Trinajstić information content (AvgIpc) is 2.79. The van der Waals surface area contributed by atoms with Crippen LogP contribution in [0.25, 0.3) is 0 Å². The molecule has 3 heteroatoms. The molecule has 0 fully saturated rings. The first-order chi connectivity index (χ1) is 9.31. The van der Waals surface area contributed by atoms with Crippen LogP contribution in [0.2, 0.25) is 0 Å². The van der Waals surface area contributed by atoms with Gasteiger partial charge in [0.05, 0.1) is 5.69 Å². The first kappa shape index (κ1) is 13.8. The maximum Gasteiger partial charge on any atom is 0.105 e. The molecule has 0 saturated carbocycles. The molecule has 1 N–H and O–H groups in total. The molecule has 0 saturated heterocycles. The van der Waals surface area contributed by atoms with Crippen LogP contribution in [0.1, 0.15) is 30.4 Å². The molecule has 0 unspecified atom stereocenters. The van der Waals surface area contributed by atoms with Crippen LogP contribution < -0.4 is 5.32 Å². The van der Waals surface area contributed by atoms with Crippen LogP contribution in [-0.2, 0) is 19.5 Å². The lowest BCUT2D eigenvalue weighted by molar-refractivity contribution is 0.580. The average molecular weight is 257 g/mol. The number of hydrogen-bond acceptors (Lipinski definition) is 2. The molecule has 1 aromatic carbocycles. The minimum Gasteiger partial charge on any atom is -0.331 e. The van der Waals surface area contributed by atoms with E-state index in [0.29, 0.717) is 0 Å². The van der Waals surface area contributed by atoms with Gasteiger partial charge in [-0.1, -0.05) is 37.3 Å². The van der Waals surface area contributed by atoms with Crippen molar-refractivity contribution in [1.29, 1.82) is 0 Å². The quantitative estimate of drug-likeness (QED) is 0.826. The maximum absolute atomic E-state index is 4.42. The summed E-state index contributed by atoms with van der Waals surface area (Å²) in [7, 11) is 0. The van der Waals surface area contributed by atoms with E-state index in [9.17, 15) is 0 Å². The number of imidazole rings is 1. The summed E-state index contributed by atoms with van der Waals surface area (Å²) < 4.78 is 2.33. The highest BCUT2D eigenvalue weighted by Gasteiger charge is 2.05. The maximum atomic E-state index is 4.42. The summed E-state index contributed by atoms with van der Waals surface area (Å²) in [5.74, 6) is 1.11. The third-order valence-corrected chi connectivity index (χ3v) is 3.38. The molecule has 1 heterocycles. The Morgan fingerprint density at radius 3 is 2.74 bits per heavy atom. The van der Waals surface area contributed by atoms with Gasteiger partial charge in [-0.25, -0.2) is 4.98 Å².